The monoisotopic (exact) mass is 450 g/mol. The Balaban J connectivity index is 2.64. The summed E-state index contributed by atoms with van der Waals surface area (Å²) in [6.07, 6.45) is 4.05. The van der Waals surface area contributed by atoms with Crippen molar-refractivity contribution >= 4 is 29.9 Å². The van der Waals surface area contributed by atoms with Crippen molar-refractivity contribution in [1.82, 2.24) is 4.90 Å². The molecule has 0 radical (unpaired) electrons. The average molecular weight is 451 g/mol. The first kappa shape index (κ1) is 26.9. The third kappa shape index (κ3) is 11.3. The first-order valence-electron chi connectivity index (χ1n) is 10.7. The zero-order chi connectivity index (χ0) is 23.8. The van der Waals surface area contributed by atoms with Crippen LogP contribution in [0.2, 0.25) is 0 Å². The second kappa shape index (κ2) is 15.7. The van der Waals surface area contributed by atoms with Crippen LogP contribution in [0.15, 0.2) is 18.2 Å². The SMILES string of the molecule is COC(=O)CCc1cc(NC(=O)CCCC(=O)N(C)C)ccc1OCCCCCOC=O. The molecule has 0 fully saturated rings. The van der Waals surface area contributed by atoms with Crippen LogP contribution in [0.25, 0.3) is 0 Å². The quantitative estimate of drug-likeness (QED) is 0.234. The van der Waals surface area contributed by atoms with Crippen molar-refractivity contribution < 1.29 is 33.4 Å². The van der Waals surface area contributed by atoms with Crippen LogP contribution in [-0.4, -0.2) is 63.6 Å². The number of ether oxygens (including phenoxy) is 3. The van der Waals surface area contributed by atoms with Crippen molar-refractivity contribution in [1.29, 1.82) is 0 Å². The lowest BCUT2D eigenvalue weighted by Crippen LogP contribution is -2.21. The van der Waals surface area contributed by atoms with Crippen LogP contribution in [0, 0.1) is 0 Å². The highest BCUT2D eigenvalue weighted by Crippen LogP contribution is 2.25. The Labute approximate surface area is 189 Å². The second-order valence-electron chi connectivity index (χ2n) is 7.46. The molecule has 0 heterocycles. The number of nitrogens with one attached hydrogen (secondary N) is 1. The standard InChI is InChI=1S/C23H34N2O7/c1-25(2)22(28)9-7-8-21(27)24-19-11-12-20(18(16-19)10-13-23(29)30-3)32-15-6-4-5-14-31-17-26/h11-12,16-17H,4-10,13-15H2,1-3H3,(H,24,27). The fourth-order valence-electron chi connectivity index (χ4n) is 2.87. The average Bonchev–Trinajstić information content (AvgIpc) is 2.77. The van der Waals surface area contributed by atoms with Gasteiger partial charge in [-0.25, -0.2) is 0 Å². The molecule has 0 bridgehead atoms. The molecule has 0 aliphatic rings. The van der Waals surface area contributed by atoms with Gasteiger partial charge in [0, 0.05) is 39.0 Å². The number of carbonyl (C=O) groups is 4. The molecule has 1 rings (SSSR count). The van der Waals surface area contributed by atoms with Crippen LogP contribution in [0.5, 0.6) is 5.75 Å². The maximum absolute atomic E-state index is 12.2. The molecule has 1 N–H and O–H groups in total. The molecule has 2 amide bonds. The summed E-state index contributed by atoms with van der Waals surface area (Å²) in [5.74, 6) is 0.126. The fraction of sp³-hybridized carbons (Fsp3) is 0.565. The Kier molecular flexibility index (Phi) is 13.2. The van der Waals surface area contributed by atoms with Gasteiger partial charge in [-0.05, 0) is 55.9 Å². The van der Waals surface area contributed by atoms with Crippen molar-refractivity contribution in [3.05, 3.63) is 23.8 Å². The Bertz CT molecular complexity index is 750. The fourth-order valence-corrected chi connectivity index (χ4v) is 2.87. The first-order valence-corrected chi connectivity index (χ1v) is 10.7. The summed E-state index contributed by atoms with van der Waals surface area (Å²) in [5.41, 5.74) is 1.40. The summed E-state index contributed by atoms with van der Waals surface area (Å²) in [6, 6.07) is 5.31. The van der Waals surface area contributed by atoms with Crippen molar-refractivity contribution in [2.75, 3.05) is 39.7 Å². The predicted octanol–water partition coefficient (Wildman–Crippen LogP) is 2.71. The van der Waals surface area contributed by atoms with E-state index in [4.69, 9.17) is 9.47 Å². The van der Waals surface area contributed by atoms with Gasteiger partial charge in [0.05, 0.1) is 20.3 Å². The highest BCUT2D eigenvalue weighted by molar-refractivity contribution is 5.91. The van der Waals surface area contributed by atoms with Crippen molar-refractivity contribution in [2.45, 2.75) is 51.4 Å². The number of anilines is 1. The molecular weight excluding hydrogens is 416 g/mol. The molecule has 32 heavy (non-hydrogen) atoms. The van der Waals surface area contributed by atoms with E-state index in [2.05, 4.69) is 10.1 Å². The summed E-state index contributed by atoms with van der Waals surface area (Å²) in [5, 5.41) is 2.83. The van der Waals surface area contributed by atoms with Gasteiger partial charge in [-0.2, -0.15) is 0 Å². The number of aryl methyl sites for hydroxylation is 1. The van der Waals surface area contributed by atoms with Crippen LogP contribution in [0.1, 0.15) is 50.5 Å². The van der Waals surface area contributed by atoms with E-state index in [0.29, 0.717) is 50.4 Å². The predicted molar refractivity (Wildman–Crippen MR) is 119 cm³/mol. The Morgan fingerprint density at radius 3 is 2.44 bits per heavy atom. The summed E-state index contributed by atoms with van der Waals surface area (Å²) in [7, 11) is 4.71. The lowest BCUT2D eigenvalue weighted by Gasteiger charge is -2.14. The number of hydrogen-bond donors (Lipinski definition) is 1. The molecule has 0 spiro atoms. The maximum atomic E-state index is 12.2. The largest absolute Gasteiger partial charge is 0.493 e. The van der Waals surface area contributed by atoms with Gasteiger partial charge in [0.25, 0.3) is 6.47 Å². The van der Waals surface area contributed by atoms with Crippen LogP contribution < -0.4 is 10.1 Å². The molecule has 1 aromatic carbocycles. The number of benzene rings is 1. The number of nitrogens with zero attached hydrogens (tertiary/aromatic N) is 1. The van der Waals surface area contributed by atoms with Gasteiger partial charge >= 0.3 is 5.97 Å². The summed E-state index contributed by atoms with van der Waals surface area (Å²) in [4.78, 5) is 47.0. The number of carbonyl (C=O) groups excluding carboxylic acids is 4. The molecule has 0 atom stereocenters. The van der Waals surface area contributed by atoms with Gasteiger partial charge in [0.15, 0.2) is 0 Å². The summed E-state index contributed by atoms with van der Waals surface area (Å²) >= 11 is 0. The van der Waals surface area contributed by atoms with Crippen molar-refractivity contribution in [3.63, 3.8) is 0 Å². The van der Waals surface area contributed by atoms with Crippen LogP contribution in [-0.2, 0) is 35.1 Å². The van der Waals surface area contributed by atoms with E-state index < -0.39 is 0 Å². The molecule has 0 saturated heterocycles. The molecule has 1 aromatic rings. The summed E-state index contributed by atoms with van der Waals surface area (Å²) < 4.78 is 15.2. The van der Waals surface area contributed by atoms with Gasteiger partial charge in [0.2, 0.25) is 11.8 Å². The van der Waals surface area contributed by atoms with E-state index >= 15 is 0 Å². The smallest absolute Gasteiger partial charge is 0.305 e. The lowest BCUT2D eigenvalue weighted by molar-refractivity contribution is -0.140. The number of hydrogen-bond acceptors (Lipinski definition) is 7. The Morgan fingerprint density at radius 2 is 1.75 bits per heavy atom. The van der Waals surface area contributed by atoms with Gasteiger partial charge in [-0.1, -0.05) is 0 Å². The van der Waals surface area contributed by atoms with Crippen LogP contribution >= 0.6 is 0 Å². The van der Waals surface area contributed by atoms with E-state index in [1.165, 1.54) is 12.0 Å². The second-order valence-corrected chi connectivity index (χ2v) is 7.46. The number of methoxy groups -OCH3 is 1. The number of rotatable bonds is 16. The van der Waals surface area contributed by atoms with Gasteiger partial charge in [-0.3, -0.25) is 19.2 Å². The highest BCUT2D eigenvalue weighted by atomic mass is 16.5. The molecule has 0 unspecified atom stereocenters. The zero-order valence-electron chi connectivity index (χ0n) is 19.2. The lowest BCUT2D eigenvalue weighted by atomic mass is 10.1. The molecule has 178 valence electrons. The van der Waals surface area contributed by atoms with E-state index in [9.17, 15) is 19.2 Å². The minimum atomic E-state index is -0.328. The maximum Gasteiger partial charge on any atom is 0.305 e. The number of unbranched alkanes of at least 4 members (excludes halogenated alkanes) is 2. The normalized spacial score (nSPS) is 10.2. The number of amides is 2. The van der Waals surface area contributed by atoms with Crippen LogP contribution in [0.4, 0.5) is 5.69 Å². The van der Waals surface area contributed by atoms with Crippen molar-refractivity contribution in [2.24, 2.45) is 0 Å². The topological polar surface area (TPSA) is 111 Å². The molecular formula is C23H34N2O7. The first-order chi connectivity index (χ1) is 15.4. The minimum absolute atomic E-state index is 0.0133. The minimum Gasteiger partial charge on any atom is -0.493 e. The Hall–Kier alpha value is -3.10. The molecule has 0 aliphatic carbocycles. The molecule has 9 heteroatoms. The number of esters is 1. The van der Waals surface area contributed by atoms with E-state index in [0.717, 1.165) is 24.8 Å². The van der Waals surface area contributed by atoms with Crippen LogP contribution in [0.3, 0.4) is 0 Å². The van der Waals surface area contributed by atoms with E-state index in [1.54, 1.807) is 32.3 Å². The zero-order valence-corrected chi connectivity index (χ0v) is 19.2. The third-order valence-electron chi connectivity index (χ3n) is 4.70. The highest BCUT2D eigenvalue weighted by Gasteiger charge is 2.11. The van der Waals surface area contributed by atoms with E-state index in [-0.39, 0.29) is 30.6 Å². The molecule has 0 aromatic heterocycles. The van der Waals surface area contributed by atoms with Gasteiger partial charge < -0.3 is 24.4 Å². The van der Waals surface area contributed by atoms with Crippen molar-refractivity contribution in [3.8, 4) is 5.75 Å². The van der Waals surface area contributed by atoms with Gasteiger partial charge in [-0.15, -0.1) is 0 Å². The van der Waals surface area contributed by atoms with Gasteiger partial charge in [0.1, 0.15) is 5.75 Å². The molecule has 0 aliphatic heterocycles. The summed E-state index contributed by atoms with van der Waals surface area (Å²) in [6.45, 7) is 1.32. The molecule has 0 saturated carbocycles. The van der Waals surface area contributed by atoms with E-state index in [1.807, 2.05) is 0 Å². The molecule has 9 nitrogen and oxygen atoms in total. The Morgan fingerprint density at radius 1 is 1.00 bits per heavy atom. The third-order valence-corrected chi connectivity index (χ3v) is 4.70.